The van der Waals surface area contributed by atoms with Gasteiger partial charge in [0.25, 0.3) is 0 Å². The first kappa shape index (κ1) is 20.4. The van der Waals surface area contributed by atoms with Gasteiger partial charge >= 0.3 is 16.9 Å². The topological polar surface area (TPSA) is 118 Å². The molecule has 148 valence electrons. The van der Waals surface area contributed by atoms with Crippen molar-refractivity contribution in [3.8, 4) is 5.75 Å². The van der Waals surface area contributed by atoms with Gasteiger partial charge in [0.05, 0.1) is 4.92 Å². The number of aromatic amines is 2. The first-order chi connectivity index (χ1) is 13.8. The molecule has 0 saturated carbocycles. The minimum absolute atomic E-state index is 0.227. The second-order valence-electron chi connectivity index (χ2n) is 5.86. The van der Waals surface area contributed by atoms with Crippen LogP contribution in [0.3, 0.4) is 0 Å². The van der Waals surface area contributed by atoms with E-state index in [9.17, 15) is 19.7 Å². The van der Waals surface area contributed by atoms with E-state index in [1.54, 1.807) is 36.4 Å². The second-order valence-corrected chi connectivity index (χ2v) is 6.73. The van der Waals surface area contributed by atoms with Crippen molar-refractivity contribution in [2.45, 2.75) is 6.61 Å². The molecular weight excluding hydrogens is 421 g/mol. The summed E-state index contributed by atoms with van der Waals surface area (Å²) in [4.78, 5) is 37.5. The van der Waals surface area contributed by atoms with Gasteiger partial charge in [-0.05, 0) is 48.0 Å². The average molecular weight is 434 g/mol. The number of aromatic nitrogens is 2. The Hall–Kier alpha value is -3.36. The fourth-order valence-electron chi connectivity index (χ4n) is 2.54. The molecule has 0 aliphatic rings. The number of rotatable bonds is 6. The number of halogens is 2. The zero-order chi connectivity index (χ0) is 21.0. The molecule has 1 heterocycles. The van der Waals surface area contributed by atoms with Crippen LogP contribution in [0.15, 0.2) is 52.1 Å². The lowest BCUT2D eigenvalue weighted by molar-refractivity contribution is -0.386. The number of nitrogens with zero attached hydrogens (tertiary/aromatic N) is 1. The molecule has 0 atom stereocenters. The van der Waals surface area contributed by atoms with Gasteiger partial charge in [-0.15, -0.1) is 0 Å². The van der Waals surface area contributed by atoms with Gasteiger partial charge in [-0.1, -0.05) is 35.3 Å². The summed E-state index contributed by atoms with van der Waals surface area (Å²) in [6, 6.07) is 12.0. The molecule has 0 amide bonds. The lowest BCUT2D eigenvalue weighted by atomic mass is 10.1. The van der Waals surface area contributed by atoms with Crippen LogP contribution in [0, 0.1) is 10.1 Å². The Morgan fingerprint density at radius 3 is 2.52 bits per heavy atom. The van der Waals surface area contributed by atoms with Crippen LogP contribution in [0.2, 0.25) is 10.0 Å². The molecule has 0 fully saturated rings. The van der Waals surface area contributed by atoms with E-state index in [0.29, 0.717) is 21.4 Å². The summed E-state index contributed by atoms with van der Waals surface area (Å²) >= 11 is 12.0. The van der Waals surface area contributed by atoms with E-state index in [0.717, 1.165) is 5.56 Å². The van der Waals surface area contributed by atoms with Crippen molar-refractivity contribution in [2.75, 3.05) is 0 Å². The highest BCUT2D eigenvalue weighted by atomic mass is 35.5. The first-order valence-corrected chi connectivity index (χ1v) is 8.95. The summed E-state index contributed by atoms with van der Waals surface area (Å²) in [7, 11) is 0. The minimum Gasteiger partial charge on any atom is -0.488 e. The van der Waals surface area contributed by atoms with E-state index >= 15 is 0 Å². The van der Waals surface area contributed by atoms with Crippen LogP contribution in [0.5, 0.6) is 5.75 Å². The maximum Gasteiger partial charge on any atom is 0.357 e. The highest BCUT2D eigenvalue weighted by Crippen LogP contribution is 2.26. The summed E-state index contributed by atoms with van der Waals surface area (Å²) in [5, 5.41) is 12.1. The highest BCUT2D eigenvalue weighted by molar-refractivity contribution is 6.31. The number of nitro groups is 1. The zero-order valence-electron chi connectivity index (χ0n) is 14.6. The molecule has 29 heavy (non-hydrogen) atoms. The summed E-state index contributed by atoms with van der Waals surface area (Å²) in [5.41, 5.74) is -1.63. The van der Waals surface area contributed by atoms with Crippen molar-refractivity contribution >= 4 is 41.0 Å². The Morgan fingerprint density at radius 2 is 1.79 bits per heavy atom. The van der Waals surface area contributed by atoms with E-state index in [4.69, 9.17) is 27.9 Å². The number of nitrogens with one attached hydrogen (secondary N) is 2. The largest absolute Gasteiger partial charge is 0.488 e. The van der Waals surface area contributed by atoms with Gasteiger partial charge in [0, 0.05) is 15.6 Å². The van der Waals surface area contributed by atoms with Gasteiger partial charge in [0.15, 0.2) is 0 Å². The van der Waals surface area contributed by atoms with Crippen molar-refractivity contribution in [1.29, 1.82) is 0 Å². The Kier molecular flexibility index (Phi) is 6.16. The normalized spacial score (nSPS) is 11.0. The van der Waals surface area contributed by atoms with Crippen LogP contribution in [-0.2, 0) is 6.61 Å². The number of hydrogen-bond donors (Lipinski definition) is 2. The molecule has 0 unspecified atom stereocenters. The molecule has 2 aromatic carbocycles. The predicted molar refractivity (Wildman–Crippen MR) is 111 cm³/mol. The molecule has 0 spiro atoms. The smallest absolute Gasteiger partial charge is 0.357 e. The van der Waals surface area contributed by atoms with E-state index in [-0.39, 0.29) is 12.3 Å². The molecule has 3 aromatic rings. The van der Waals surface area contributed by atoms with Gasteiger partial charge < -0.3 is 9.72 Å². The molecule has 1 aromatic heterocycles. The third-order valence-electron chi connectivity index (χ3n) is 3.81. The fraction of sp³-hybridized carbons (Fsp3) is 0.0526. The van der Waals surface area contributed by atoms with Crippen molar-refractivity contribution in [3.63, 3.8) is 0 Å². The van der Waals surface area contributed by atoms with Gasteiger partial charge in [-0.3, -0.25) is 19.9 Å². The third-order valence-corrected chi connectivity index (χ3v) is 4.28. The van der Waals surface area contributed by atoms with E-state index in [2.05, 4.69) is 4.98 Å². The van der Waals surface area contributed by atoms with E-state index < -0.39 is 21.9 Å². The second kappa shape index (κ2) is 8.76. The maximum atomic E-state index is 11.7. The number of hydrogen-bond acceptors (Lipinski definition) is 5. The molecule has 0 aliphatic heterocycles. The van der Waals surface area contributed by atoms with Crippen LogP contribution in [0.1, 0.15) is 16.8 Å². The maximum absolute atomic E-state index is 11.7. The number of benzene rings is 2. The lowest BCUT2D eigenvalue weighted by Crippen LogP contribution is -2.25. The Labute approximate surface area is 173 Å². The Balaban J connectivity index is 1.94. The third kappa shape index (κ3) is 5.13. The summed E-state index contributed by atoms with van der Waals surface area (Å²) in [6.45, 7) is 0.227. The molecule has 0 saturated heterocycles. The predicted octanol–water partition coefficient (Wildman–Crippen LogP) is 4.03. The SMILES string of the molecule is O=c1[nH]c(/C=C\c2cc(Cl)ccc2OCc2cccc(Cl)c2)c([N+](=O)[O-])c(=O)[nH]1. The molecule has 0 bridgehead atoms. The van der Waals surface area contributed by atoms with Gasteiger partial charge in [0.2, 0.25) is 0 Å². The quantitative estimate of drug-likeness (QED) is 0.449. The lowest BCUT2D eigenvalue weighted by Gasteiger charge is -2.10. The van der Waals surface area contributed by atoms with Crippen LogP contribution in [0.25, 0.3) is 12.2 Å². The molecule has 2 N–H and O–H groups in total. The highest BCUT2D eigenvalue weighted by Gasteiger charge is 2.19. The van der Waals surface area contributed by atoms with Crippen LogP contribution in [0.4, 0.5) is 5.69 Å². The Bertz CT molecular complexity index is 1220. The van der Waals surface area contributed by atoms with Crippen LogP contribution in [-0.4, -0.2) is 14.9 Å². The Morgan fingerprint density at radius 1 is 1.03 bits per heavy atom. The fourth-order valence-corrected chi connectivity index (χ4v) is 2.93. The number of H-pyrrole nitrogens is 2. The van der Waals surface area contributed by atoms with Gasteiger partial charge in [-0.2, -0.15) is 0 Å². The molecular formula is C19H13Cl2N3O5. The summed E-state index contributed by atoms with van der Waals surface area (Å²) in [6.07, 6.45) is 2.70. The minimum atomic E-state index is -1.10. The van der Waals surface area contributed by atoms with Gasteiger partial charge in [0.1, 0.15) is 18.1 Å². The molecule has 10 heteroatoms. The molecule has 0 radical (unpaired) electrons. The van der Waals surface area contributed by atoms with Crippen molar-refractivity contribution in [1.82, 2.24) is 9.97 Å². The van der Waals surface area contributed by atoms with E-state index in [1.165, 1.54) is 12.2 Å². The average Bonchev–Trinajstić information content (AvgIpc) is 2.64. The monoisotopic (exact) mass is 433 g/mol. The molecule has 8 nitrogen and oxygen atoms in total. The summed E-state index contributed by atoms with van der Waals surface area (Å²) < 4.78 is 5.80. The van der Waals surface area contributed by atoms with E-state index in [1.807, 2.05) is 11.1 Å². The van der Waals surface area contributed by atoms with Crippen molar-refractivity contribution in [2.24, 2.45) is 0 Å². The van der Waals surface area contributed by atoms with Crippen molar-refractivity contribution in [3.05, 3.63) is 100 Å². The van der Waals surface area contributed by atoms with Crippen LogP contribution >= 0.6 is 23.2 Å². The van der Waals surface area contributed by atoms with Gasteiger partial charge in [-0.25, -0.2) is 4.79 Å². The standard InChI is InChI=1S/C19H13Cl2N3O5/c20-13-3-1-2-11(8-13)10-29-16-7-5-14(21)9-12(16)4-6-15-17(24(27)28)18(25)23-19(26)22-15/h1-9H,10H2,(H2,22,23,25,26)/b6-4-. The number of ether oxygens (including phenoxy) is 1. The van der Waals surface area contributed by atoms with Crippen molar-refractivity contribution < 1.29 is 9.66 Å². The molecule has 0 aliphatic carbocycles. The first-order valence-electron chi connectivity index (χ1n) is 8.19. The molecule has 3 rings (SSSR count). The zero-order valence-corrected chi connectivity index (χ0v) is 16.2. The van der Waals surface area contributed by atoms with Crippen LogP contribution < -0.4 is 16.0 Å². The summed E-state index contributed by atoms with van der Waals surface area (Å²) in [5.74, 6) is 0.445.